The lowest BCUT2D eigenvalue weighted by atomic mass is 10.1. The lowest BCUT2D eigenvalue weighted by Crippen LogP contribution is -2.38. The van der Waals surface area contributed by atoms with Gasteiger partial charge in [-0.3, -0.25) is 4.98 Å². The summed E-state index contributed by atoms with van der Waals surface area (Å²) < 4.78 is 5.34. The Morgan fingerprint density at radius 1 is 1.17 bits per heavy atom. The molecule has 0 fully saturated rings. The number of pyridine rings is 1. The van der Waals surface area contributed by atoms with Crippen molar-refractivity contribution in [2.45, 2.75) is 26.8 Å². The molecular formula is C18H27IN4O. The Bertz CT molecular complexity index is 628. The summed E-state index contributed by atoms with van der Waals surface area (Å²) in [6.07, 6.45) is 2.79. The number of aliphatic imine (C=N–C) groups is 1. The van der Waals surface area contributed by atoms with Gasteiger partial charge in [0.05, 0.1) is 12.1 Å². The number of nitrogens with zero attached hydrogens (tertiary/aromatic N) is 2. The molecule has 0 radical (unpaired) electrons. The summed E-state index contributed by atoms with van der Waals surface area (Å²) in [6.45, 7) is 7.91. The Morgan fingerprint density at radius 2 is 2.00 bits per heavy atom. The second kappa shape index (κ2) is 12.0. The Balaban J connectivity index is 0.00000288. The van der Waals surface area contributed by atoms with Crippen molar-refractivity contribution < 1.29 is 4.74 Å². The number of fused-ring (bicyclic) bond motifs is 1. The molecule has 0 aliphatic heterocycles. The monoisotopic (exact) mass is 442 g/mol. The smallest absolute Gasteiger partial charge is 0.191 e. The highest BCUT2D eigenvalue weighted by atomic mass is 127. The van der Waals surface area contributed by atoms with E-state index in [9.17, 15) is 0 Å². The zero-order valence-electron chi connectivity index (χ0n) is 14.4. The third-order valence-electron chi connectivity index (χ3n) is 3.43. The molecule has 0 amide bonds. The van der Waals surface area contributed by atoms with Gasteiger partial charge in [-0.05, 0) is 31.9 Å². The first-order chi connectivity index (χ1) is 11.3. The Hall–Kier alpha value is -1.41. The number of aromatic nitrogens is 1. The molecule has 0 bridgehead atoms. The molecule has 132 valence electrons. The number of para-hydroxylation sites is 1. The summed E-state index contributed by atoms with van der Waals surface area (Å²) in [5.74, 6) is 0.830. The first-order valence-corrected chi connectivity index (χ1v) is 8.27. The lowest BCUT2D eigenvalue weighted by molar-refractivity contribution is 0.145. The number of ether oxygens (including phenoxy) is 1. The number of hydrogen-bond donors (Lipinski definition) is 2. The maximum absolute atomic E-state index is 5.34. The van der Waals surface area contributed by atoms with Crippen LogP contribution in [0, 0.1) is 0 Å². The lowest BCUT2D eigenvalue weighted by Gasteiger charge is -2.11. The normalized spacial score (nSPS) is 11.2. The molecule has 1 heterocycles. The minimum absolute atomic E-state index is 0. The van der Waals surface area contributed by atoms with Gasteiger partial charge < -0.3 is 15.4 Å². The van der Waals surface area contributed by atoms with Crippen molar-refractivity contribution in [3.63, 3.8) is 0 Å². The first-order valence-electron chi connectivity index (χ1n) is 8.27. The van der Waals surface area contributed by atoms with Crippen molar-refractivity contribution >= 4 is 40.8 Å². The molecule has 1 aromatic heterocycles. The quantitative estimate of drug-likeness (QED) is 0.285. The average Bonchev–Trinajstić information content (AvgIpc) is 2.59. The van der Waals surface area contributed by atoms with Crippen LogP contribution in [0.5, 0.6) is 0 Å². The molecule has 0 spiro atoms. The summed E-state index contributed by atoms with van der Waals surface area (Å²) in [6, 6.07) is 10.2. The number of hydrogen-bond acceptors (Lipinski definition) is 3. The molecule has 2 aromatic rings. The molecule has 2 N–H and O–H groups in total. The molecule has 0 atom stereocenters. The molecule has 0 unspecified atom stereocenters. The van der Waals surface area contributed by atoms with Crippen LogP contribution in [0.25, 0.3) is 10.9 Å². The van der Waals surface area contributed by atoms with Gasteiger partial charge in [0.25, 0.3) is 0 Å². The molecule has 24 heavy (non-hydrogen) atoms. The number of halogens is 1. The van der Waals surface area contributed by atoms with Gasteiger partial charge in [-0.2, -0.15) is 0 Å². The highest BCUT2D eigenvalue weighted by Crippen LogP contribution is 2.16. The van der Waals surface area contributed by atoms with E-state index in [1.807, 2.05) is 19.2 Å². The summed E-state index contributed by atoms with van der Waals surface area (Å²) in [5, 5.41) is 7.75. The van der Waals surface area contributed by atoms with Crippen LogP contribution in [0.1, 0.15) is 25.8 Å². The van der Waals surface area contributed by atoms with Crippen molar-refractivity contribution in [1.82, 2.24) is 15.6 Å². The van der Waals surface area contributed by atoms with Gasteiger partial charge in [-0.25, -0.2) is 4.99 Å². The van der Waals surface area contributed by atoms with Gasteiger partial charge in [0.1, 0.15) is 0 Å². The predicted octanol–water partition coefficient (Wildman–Crippen LogP) is 3.33. The molecule has 0 aliphatic carbocycles. The van der Waals surface area contributed by atoms with Crippen LogP contribution < -0.4 is 10.6 Å². The van der Waals surface area contributed by atoms with Gasteiger partial charge in [0.2, 0.25) is 0 Å². The molecule has 1 aromatic carbocycles. The van der Waals surface area contributed by atoms with E-state index in [1.54, 1.807) is 0 Å². The molecule has 0 saturated heterocycles. The maximum atomic E-state index is 5.34. The van der Waals surface area contributed by atoms with Crippen molar-refractivity contribution in [2.24, 2.45) is 4.99 Å². The van der Waals surface area contributed by atoms with E-state index >= 15 is 0 Å². The molecule has 5 nitrogen and oxygen atoms in total. The van der Waals surface area contributed by atoms with Crippen LogP contribution >= 0.6 is 24.0 Å². The third kappa shape index (κ3) is 6.60. The highest BCUT2D eigenvalue weighted by molar-refractivity contribution is 14.0. The van der Waals surface area contributed by atoms with E-state index in [2.05, 4.69) is 51.8 Å². The second-order valence-electron chi connectivity index (χ2n) is 5.16. The minimum atomic E-state index is 0. The molecule has 0 saturated carbocycles. The van der Waals surface area contributed by atoms with Crippen molar-refractivity contribution in [3.8, 4) is 0 Å². The second-order valence-corrected chi connectivity index (χ2v) is 5.16. The van der Waals surface area contributed by atoms with Crippen LogP contribution in [0.15, 0.2) is 41.5 Å². The fraction of sp³-hybridized carbons (Fsp3) is 0.444. The van der Waals surface area contributed by atoms with Crippen molar-refractivity contribution in [2.75, 3.05) is 26.3 Å². The average molecular weight is 442 g/mol. The Kier molecular flexibility index (Phi) is 10.3. The third-order valence-corrected chi connectivity index (χ3v) is 3.43. The van der Waals surface area contributed by atoms with Crippen LogP contribution in [0.4, 0.5) is 0 Å². The SMILES string of the molecule is CCNC(=NCc1cccc2cccnc12)NCCCOCC.I. The zero-order valence-corrected chi connectivity index (χ0v) is 16.7. The summed E-state index contributed by atoms with van der Waals surface area (Å²) in [5.41, 5.74) is 2.15. The highest BCUT2D eigenvalue weighted by Gasteiger charge is 2.02. The fourth-order valence-corrected chi connectivity index (χ4v) is 2.33. The van der Waals surface area contributed by atoms with Crippen LogP contribution in [0.2, 0.25) is 0 Å². The van der Waals surface area contributed by atoms with E-state index in [0.717, 1.165) is 55.2 Å². The maximum Gasteiger partial charge on any atom is 0.191 e. The fourth-order valence-electron chi connectivity index (χ4n) is 2.33. The van der Waals surface area contributed by atoms with Crippen LogP contribution in [0.3, 0.4) is 0 Å². The molecule has 2 rings (SSSR count). The van der Waals surface area contributed by atoms with Crippen LogP contribution in [-0.4, -0.2) is 37.2 Å². The molecular weight excluding hydrogens is 415 g/mol. The Morgan fingerprint density at radius 3 is 2.79 bits per heavy atom. The number of benzene rings is 1. The largest absolute Gasteiger partial charge is 0.382 e. The zero-order chi connectivity index (χ0) is 16.3. The summed E-state index contributed by atoms with van der Waals surface area (Å²) in [7, 11) is 0. The summed E-state index contributed by atoms with van der Waals surface area (Å²) in [4.78, 5) is 9.14. The standard InChI is InChI=1S/C18H26N4O.HI/c1-3-19-18(21-12-7-13-23-4-2)22-14-16-9-5-8-15-10-6-11-20-17(15)16;/h5-6,8-11H,3-4,7,12-14H2,1-2H3,(H2,19,21,22);1H. The van der Waals surface area contributed by atoms with E-state index in [1.165, 1.54) is 0 Å². The summed E-state index contributed by atoms with van der Waals surface area (Å²) >= 11 is 0. The van der Waals surface area contributed by atoms with E-state index in [4.69, 9.17) is 4.74 Å². The first kappa shape index (κ1) is 20.6. The van der Waals surface area contributed by atoms with Crippen LogP contribution in [-0.2, 0) is 11.3 Å². The number of rotatable bonds is 8. The van der Waals surface area contributed by atoms with Crippen molar-refractivity contribution in [1.29, 1.82) is 0 Å². The van der Waals surface area contributed by atoms with Gasteiger partial charge >= 0.3 is 0 Å². The topological polar surface area (TPSA) is 58.5 Å². The Labute approximate surface area is 161 Å². The number of nitrogens with one attached hydrogen (secondary N) is 2. The van der Waals surface area contributed by atoms with Gasteiger partial charge in [-0.1, -0.05) is 24.3 Å². The minimum Gasteiger partial charge on any atom is -0.382 e. The van der Waals surface area contributed by atoms with E-state index < -0.39 is 0 Å². The van der Waals surface area contributed by atoms with E-state index in [-0.39, 0.29) is 24.0 Å². The molecule has 6 heteroatoms. The predicted molar refractivity (Wildman–Crippen MR) is 111 cm³/mol. The van der Waals surface area contributed by atoms with E-state index in [0.29, 0.717) is 6.54 Å². The van der Waals surface area contributed by atoms with Gasteiger partial charge in [-0.15, -0.1) is 24.0 Å². The molecule has 0 aliphatic rings. The van der Waals surface area contributed by atoms with Gasteiger partial charge in [0, 0.05) is 37.9 Å². The van der Waals surface area contributed by atoms with Crippen molar-refractivity contribution in [3.05, 3.63) is 42.1 Å². The van der Waals surface area contributed by atoms with Gasteiger partial charge in [0.15, 0.2) is 5.96 Å². The number of guanidine groups is 1.